The van der Waals surface area contributed by atoms with E-state index in [1.165, 1.54) is 0 Å². The molecule has 2 amide bonds. The first-order valence-corrected chi connectivity index (χ1v) is 7.44. The van der Waals surface area contributed by atoms with Crippen LogP contribution in [0.3, 0.4) is 0 Å². The number of nitrogens with zero attached hydrogens (tertiary/aromatic N) is 1. The highest BCUT2D eigenvalue weighted by molar-refractivity contribution is 5.89. The zero-order chi connectivity index (χ0) is 15.9. The van der Waals surface area contributed by atoms with Crippen LogP contribution in [0, 0.1) is 5.92 Å². The molecule has 22 heavy (non-hydrogen) atoms. The van der Waals surface area contributed by atoms with E-state index in [9.17, 15) is 4.79 Å². The Hall–Kier alpha value is -1.95. The Morgan fingerprint density at radius 1 is 1.27 bits per heavy atom. The van der Waals surface area contributed by atoms with Crippen molar-refractivity contribution < 1.29 is 19.0 Å². The summed E-state index contributed by atoms with van der Waals surface area (Å²) < 4.78 is 15.6. The maximum absolute atomic E-state index is 12.4. The van der Waals surface area contributed by atoms with Gasteiger partial charge in [0.25, 0.3) is 0 Å². The first kappa shape index (κ1) is 16.4. The summed E-state index contributed by atoms with van der Waals surface area (Å²) in [6, 6.07) is 5.25. The summed E-state index contributed by atoms with van der Waals surface area (Å²) in [6.45, 7) is 2.20. The number of methoxy groups -OCH3 is 3. The molecular weight excluding hydrogens is 284 g/mol. The van der Waals surface area contributed by atoms with Crippen LogP contribution in [0.15, 0.2) is 18.2 Å². The lowest BCUT2D eigenvalue weighted by molar-refractivity contribution is 0.104. The van der Waals surface area contributed by atoms with Crippen molar-refractivity contribution in [2.24, 2.45) is 5.92 Å². The summed E-state index contributed by atoms with van der Waals surface area (Å²) in [6.07, 6.45) is 2.11. The molecule has 1 aromatic carbocycles. The van der Waals surface area contributed by atoms with Gasteiger partial charge in [-0.2, -0.15) is 0 Å². The molecule has 1 atom stereocenters. The minimum atomic E-state index is -0.0898. The summed E-state index contributed by atoms with van der Waals surface area (Å²) in [4.78, 5) is 14.2. The lowest BCUT2D eigenvalue weighted by Gasteiger charge is -2.32. The zero-order valence-corrected chi connectivity index (χ0v) is 13.4. The molecule has 1 aromatic rings. The fourth-order valence-corrected chi connectivity index (χ4v) is 2.74. The highest BCUT2D eigenvalue weighted by Gasteiger charge is 2.23. The maximum atomic E-state index is 12.4. The molecule has 0 radical (unpaired) electrons. The number of anilines is 1. The molecule has 122 valence electrons. The summed E-state index contributed by atoms with van der Waals surface area (Å²) in [7, 11) is 4.85. The number of benzene rings is 1. The van der Waals surface area contributed by atoms with E-state index in [1.54, 1.807) is 39.5 Å². The van der Waals surface area contributed by atoms with Gasteiger partial charge in [-0.25, -0.2) is 4.79 Å². The van der Waals surface area contributed by atoms with Gasteiger partial charge in [-0.15, -0.1) is 0 Å². The second kappa shape index (κ2) is 7.89. The van der Waals surface area contributed by atoms with Gasteiger partial charge < -0.3 is 24.4 Å². The van der Waals surface area contributed by atoms with Crippen LogP contribution in [0.2, 0.25) is 0 Å². The first-order valence-electron chi connectivity index (χ1n) is 7.44. The Labute approximate surface area is 131 Å². The van der Waals surface area contributed by atoms with Crippen molar-refractivity contribution >= 4 is 11.7 Å². The second-order valence-electron chi connectivity index (χ2n) is 5.41. The summed E-state index contributed by atoms with van der Waals surface area (Å²) in [5.74, 6) is 1.64. The molecule has 2 rings (SSSR count). The third-order valence-electron chi connectivity index (χ3n) is 3.84. The molecule has 1 N–H and O–H groups in total. The van der Waals surface area contributed by atoms with Crippen molar-refractivity contribution in [1.82, 2.24) is 4.90 Å². The molecule has 6 heteroatoms. The van der Waals surface area contributed by atoms with Crippen LogP contribution >= 0.6 is 0 Å². The Balaban J connectivity index is 1.99. The predicted molar refractivity (Wildman–Crippen MR) is 84.7 cm³/mol. The number of ether oxygens (including phenoxy) is 3. The standard InChI is InChI=1S/C16H24N2O4/c1-20-11-12-5-4-8-18(10-12)16(19)17-13-6-7-14(21-2)15(9-13)22-3/h6-7,9,12H,4-5,8,10-11H2,1-3H3,(H,17,19). The smallest absolute Gasteiger partial charge is 0.321 e. The fourth-order valence-electron chi connectivity index (χ4n) is 2.74. The molecule has 0 spiro atoms. The Bertz CT molecular complexity index is 505. The van der Waals surface area contributed by atoms with E-state index < -0.39 is 0 Å². The van der Waals surface area contributed by atoms with E-state index in [4.69, 9.17) is 14.2 Å². The molecule has 1 heterocycles. The van der Waals surface area contributed by atoms with Crippen LogP contribution in [-0.2, 0) is 4.74 Å². The molecular formula is C16H24N2O4. The van der Waals surface area contributed by atoms with Gasteiger partial charge in [0, 0.05) is 37.9 Å². The molecule has 1 aliphatic heterocycles. The number of urea groups is 1. The molecule has 1 aliphatic rings. The largest absolute Gasteiger partial charge is 0.493 e. The van der Waals surface area contributed by atoms with E-state index >= 15 is 0 Å². The molecule has 0 aliphatic carbocycles. The normalized spacial score (nSPS) is 18.0. The monoisotopic (exact) mass is 308 g/mol. The molecule has 0 bridgehead atoms. The van der Waals surface area contributed by atoms with Gasteiger partial charge in [0.15, 0.2) is 11.5 Å². The summed E-state index contributed by atoms with van der Waals surface area (Å²) in [5.41, 5.74) is 0.691. The van der Waals surface area contributed by atoms with Gasteiger partial charge in [0.2, 0.25) is 0 Å². The van der Waals surface area contributed by atoms with E-state index in [2.05, 4.69) is 5.32 Å². The lowest BCUT2D eigenvalue weighted by Crippen LogP contribution is -2.43. The summed E-state index contributed by atoms with van der Waals surface area (Å²) >= 11 is 0. The zero-order valence-electron chi connectivity index (χ0n) is 13.4. The third-order valence-corrected chi connectivity index (χ3v) is 3.84. The highest BCUT2D eigenvalue weighted by Crippen LogP contribution is 2.30. The minimum Gasteiger partial charge on any atom is -0.493 e. The first-order chi connectivity index (χ1) is 10.7. The number of amides is 2. The van der Waals surface area contributed by atoms with Gasteiger partial charge in [0.05, 0.1) is 20.8 Å². The molecule has 1 saturated heterocycles. The van der Waals surface area contributed by atoms with Crippen molar-refractivity contribution in [1.29, 1.82) is 0 Å². The van der Waals surface area contributed by atoms with Gasteiger partial charge >= 0.3 is 6.03 Å². The second-order valence-corrected chi connectivity index (χ2v) is 5.41. The number of carbonyl (C=O) groups excluding carboxylic acids is 1. The Morgan fingerprint density at radius 2 is 2.05 bits per heavy atom. The average Bonchev–Trinajstić information content (AvgIpc) is 2.55. The fraction of sp³-hybridized carbons (Fsp3) is 0.562. The third kappa shape index (κ3) is 4.04. The molecule has 6 nitrogen and oxygen atoms in total. The number of nitrogens with one attached hydrogen (secondary N) is 1. The molecule has 1 unspecified atom stereocenters. The van der Waals surface area contributed by atoms with Crippen molar-refractivity contribution in [2.45, 2.75) is 12.8 Å². The van der Waals surface area contributed by atoms with Gasteiger partial charge in [0.1, 0.15) is 0 Å². The van der Waals surface area contributed by atoms with Crippen molar-refractivity contribution in [2.75, 3.05) is 46.3 Å². The van der Waals surface area contributed by atoms with Crippen LogP contribution in [-0.4, -0.2) is 52.0 Å². The van der Waals surface area contributed by atoms with E-state index in [-0.39, 0.29) is 6.03 Å². The van der Waals surface area contributed by atoms with Crippen LogP contribution in [0.5, 0.6) is 11.5 Å². The molecule has 0 saturated carbocycles. The SMILES string of the molecule is COCC1CCCN(C(=O)Nc2ccc(OC)c(OC)c2)C1. The van der Waals surface area contributed by atoms with Crippen molar-refractivity contribution in [3.8, 4) is 11.5 Å². The van der Waals surface area contributed by atoms with Crippen LogP contribution < -0.4 is 14.8 Å². The predicted octanol–water partition coefficient (Wildman–Crippen LogP) is 2.59. The molecule has 1 fully saturated rings. The topological polar surface area (TPSA) is 60.0 Å². The highest BCUT2D eigenvalue weighted by atomic mass is 16.5. The quantitative estimate of drug-likeness (QED) is 0.908. The maximum Gasteiger partial charge on any atom is 0.321 e. The minimum absolute atomic E-state index is 0.0898. The summed E-state index contributed by atoms with van der Waals surface area (Å²) in [5, 5.41) is 2.91. The molecule has 0 aromatic heterocycles. The van der Waals surface area contributed by atoms with Crippen molar-refractivity contribution in [3.05, 3.63) is 18.2 Å². The number of carbonyl (C=O) groups is 1. The van der Waals surface area contributed by atoms with Crippen LogP contribution in [0.25, 0.3) is 0 Å². The Kier molecular flexibility index (Phi) is 5.89. The number of rotatable bonds is 5. The van der Waals surface area contributed by atoms with Crippen LogP contribution in [0.1, 0.15) is 12.8 Å². The number of hydrogen-bond donors (Lipinski definition) is 1. The number of piperidine rings is 1. The average molecular weight is 308 g/mol. The van der Waals surface area contributed by atoms with Crippen LogP contribution in [0.4, 0.5) is 10.5 Å². The van der Waals surface area contributed by atoms with Gasteiger partial charge in [-0.1, -0.05) is 0 Å². The van der Waals surface area contributed by atoms with Gasteiger partial charge in [-0.05, 0) is 25.0 Å². The number of likely N-dealkylation sites (tertiary alicyclic amines) is 1. The van der Waals surface area contributed by atoms with E-state index in [1.807, 2.05) is 4.90 Å². The van der Waals surface area contributed by atoms with Crippen molar-refractivity contribution in [3.63, 3.8) is 0 Å². The van der Waals surface area contributed by atoms with E-state index in [0.717, 1.165) is 25.9 Å². The van der Waals surface area contributed by atoms with E-state index in [0.29, 0.717) is 29.7 Å². The Morgan fingerprint density at radius 3 is 2.73 bits per heavy atom. The lowest BCUT2D eigenvalue weighted by atomic mass is 9.99. The number of hydrogen-bond acceptors (Lipinski definition) is 4. The van der Waals surface area contributed by atoms with Gasteiger partial charge in [-0.3, -0.25) is 0 Å².